The highest BCUT2D eigenvalue weighted by Crippen LogP contribution is 2.12. The molecule has 122 valence electrons. The first kappa shape index (κ1) is 15.5. The minimum atomic E-state index is -0.508. The molecule has 3 aromatic rings. The van der Waals surface area contributed by atoms with Gasteiger partial charge in [0.05, 0.1) is 0 Å². The zero-order valence-electron chi connectivity index (χ0n) is 13.2. The fraction of sp³-hybridized carbons (Fsp3) is 0.125. The smallest absolute Gasteiger partial charge is 0.306 e. The number of rotatable bonds is 4. The van der Waals surface area contributed by atoms with Crippen molar-refractivity contribution in [1.29, 1.82) is 0 Å². The van der Waals surface area contributed by atoms with Crippen LogP contribution < -0.4 is 16.7 Å². The number of allylic oxidation sites excluding steroid dienone is 1. The Balaban J connectivity index is 1.82. The average Bonchev–Trinajstić information content (AvgIpc) is 2.91. The predicted octanol–water partition coefficient (Wildman–Crippen LogP) is 1.07. The minimum Gasteiger partial charge on any atom is -0.306 e. The van der Waals surface area contributed by atoms with Gasteiger partial charge in [-0.3, -0.25) is 14.3 Å². The lowest BCUT2D eigenvalue weighted by atomic mass is 10.2. The van der Waals surface area contributed by atoms with Crippen molar-refractivity contribution >= 4 is 29.4 Å². The van der Waals surface area contributed by atoms with E-state index in [-0.39, 0.29) is 0 Å². The van der Waals surface area contributed by atoms with Gasteiger partial charge in [-0.05, 0) is 11.6 Å². The number of fused-ring (bicyclic) bond motifs is 1. The van der Waals surface area contributed by atoms with E-state index in [9.17, 15) is 9.59 Å². The number of imidazole rings is 1. The molecular formula is C16H16N6O2. The topological polar surface area (TPSA) is 97.1 Å². The lowest BCUT2D eigenvalue weighted by molar-refractivity contribution is 0.829. The molecule has 0 aliphatic rings. The molecule has 2 aromatic heterocycles. The molecule has 8 nitrogen and oxygen atoms in total. The monoisotopic (exact) mass is 324 g/mol. The van der Waals surface area contributed by atoms with Crippen LogP contribution in [0.2, 0.25) is 0 Å². The van der Waals surface area contributed by atoms with Gasteiger partial charge in [0, 0.05) is 20.3 Å². The quantitative estimate of drug-likeness (QED) is 0.554. The Kier molecular flexibility index (Phi) is 4.11. The van der Waals surface area contributed by atoms with E-state index in [0.29, 0.717) is 17.1 Å². The van der Waals surface area contributed by atoms with Gasteiger partial charge >= 0.3 is 5.69 Å². The van der Waals surface area contributed by atoms with Crippen molar-refractivity contribution in [2.24, 2.45) is 19.2 Å². The second kappa shape index (κ2) is 6.37. The van der Waals surface area contributed by atoms with Gasteiger partial charge in [-0.1, -0.05) is 36.4 Å². The van der Waals surface area contributed by atoms with Crippen molar-refractivity contribution < 1.29 is 0 Å². The number of nitrogens with zero attached hydrogens (tertiary/aromatic N) is 4. The Bertz CT molecular complexity index is 1040. The van der Waals surface area contributed by atoms with Crippen LogP contribution in [0.25, 0.3) is 17.2 Å². The van der Waals surface area contributed by atoms with Crippen LogP contribution in [0.1, 0.15) is 5.56 Å². The summed E-state index contributed by atoms with van der Waals surface area (Å²) in [4.78, 5) is 30.0. The molecule has 0 aliphatic heterocycles. The van der Waals surface area contributed by atoms with Gasteiger partial charge in [-0.2, -0.15) is 10.1 Å². The van der Waals surface area contributed by atoms with E-state index in [1.807, 2.05) is 36.4 Å². The van der Waals surface area contributed by atoms with E-state index >= 15 is 0 Å². The highest BCUT2D eigenvalue weighted by atomic mass is 16.2. The zero-order chi connectivity index (χ0) is 17.1. The molecule has 0 saturated carbocycles. The third-order valence-electron chi connectivity index (χ3n) is 3.55. The van der Waals surface area contributed by atoms with Gasteiger partial charge in [0.2, 0.25) is 5.95 Å². The van der Waals surface area contributed by atoms with Gasteiger partial charge in [0.25, 0.3) is 5.56 Å². The van der Waals surface area contributed by atoms with E-state index in [0.717, 1.165) is 5.56 Å². The van der Waals surface area contributed by atoms with Crippen LogP contribution >= 0.6 is 0 Å². The number of aromatic nitrogens is 4. The summed E-state index contributed by atoms with van der Waals surface area (Å²) >= 11 is 0. The van der Waals surface area contributed by atoms with E-state index < -0.39 is 11.2 Å². The Hall–Kier alpha value is -3.42. The number of aromatic amines is 1. The molecule has 2 N–H and O–H groups in total. The Morgan fingerprint density at radius 3 is 2.67 bits per heavy atom. The number of aryl methyl sites for hydroxylation is 2. The van der Waals surface area contributed by atoms with Crippen molar-refractivity contribution in [2.45, 2.75) is 0 Å². The second-order valence-electron chi connectivity index (χ2n) is 5.14. The largest absolute Gasteiger partial charge is 0.329 e. The van der Waals surface area contributed by atoms with Crippen LogP contribution in [-0.4, -0.2) is 25.3 Å². The molecule has 0 radical (unpaired) electrons. The van der Waals surface area contributed by atoms with Gasteiger partial charge in [-0.25, -0.2) is 10.2 Å². The lowest BCUT2D eigenvalue weighted by Gasteiger charge is -1.99. The molecule has 1 aromatic carbocycles. The lowest BCUT2D eigenvalue weighted by Crippen LogP contribution is -2.29. The van der Waals surface area contributed by atoms with Crippen LogP contribution in [0.3, 0.4) is 0 Å². The number of hydrazone groups is 1. The fourth-order valence-electron chi connectivity index (χ4n) is 2.26. The maximum absolute atomic E-state index is 11.9. The summed E-state index contributed by atoms with van der Waals surface area (Å²) in [5.74, 6) is 0.362. The van der Waals surface area contributed by atoms with Gasteiger partial charge in [-0.15, -0.1) is 0 Å². The van der Waals surface area contributed by atoms with E-state index in [4.69, 9.17) is 0 Å². The number of hydrogen-bond donors (Lipinski definition) is 2. The number of benzene rings is 1. The summed E-state index contributed by atoms with van der Waals surface area (Å²) in [6.45, 7) is 0. The molecule has 0 spiro atoms. The average molecular weight is 324 g/mol. The first-order valence-corrected chi connectivity index (χ1v) is 7.24. The van der Waals surface area contributed by atoms with E-state index in [1.54, 1.807) is 31.0 Å². The van der Waals surface area contributed by atoms with Crippen molar-refractivity contribution in [1.82, 2.24) is 19.1 Å². The van der Waals surface area contributed by atoms with E-state index in [1.165, 1.54) is 4.57 Å². The Labute approximate surface area is 136 Å². The summed E-state index contributed by atoms with van der Waals surface area (Å²) in [6.07, 6.45) is 5.28. The molecular weight excluding hydrogens is 308 g/mol. The van der Waals surface area contributed by atoms with Gasteiger partial charge in [0.15, 0.2) is 11.2 Å². The van der Waals surface area contributed by atoms with E-state index in [2.05, 4.69) is 20.5 Å². The Morgan fingerprint density at radius 1 is 1.17 bits per heavy atom. The third-order valence-corrected chi connectivity index (χ3v) is 3.55. The molecule has 0 bridgehead atoms. The van der Waals surface area contributed by atoms with Crippen molar-refractivity contribution in [3.05, 3.63) is 62.8 Å². The van der Waals surface area contributed by atoms with Crippen molar-refractivity contribution in [2.75, 3.05) is 5.43 Å². The summed E-state index contributed by atoms with van der Waals surface area (Å²) in [6, 6.07) is 9.83. The van der Waals surface area contributed by atoms with Crippen molar-refractivity contribution in [3.63, 3.8) is 0 Å². The molecule has 0 saturated heterocycles. The predicted molar refractivity (Wildman–Crippen MR) is 94.2 cm³/mol. The highest BCUT2D eigenvalue weighted by Gasteiger charge is 2.14. The van der Waals surface area contributed by atoms with Crippen molar-refractivity contribution in [3.8, 4) is 0 Å². The number of anilines is 1. The molecule has 3 rings (SSSR count). The molecule has 0 amide bonds. The normalized spacial score (nSPS) is 11.8. The maximum Gasteiger partial charge on any atom is 0.329 e. The number of hydrogen-bond acceptors (Lipinski definition) is 5. The van der Waals surface area contributed by atoms with Crippen LogP contribution in [0.4, 0.5) is 5.95 Å². The summed E-state index contributed by atoms with van der Waals surface area (Å²) < 4.78 is 2.83. The first-order valence-electron chi connectivity index (χ1n) is 7.24. The second-order valence-corrected chi connectivity index (χ2v) is 5.14. The molecule has 2 heterocycles. The standard InChI is InChI=1S/C16H16N6O2/c1-21-12-13(22(2)16(24)19-14(12)23)18-15(21)20-17-10-6-9-11-7-4-3-5-8-11/h3-10H,1-2H3,(H,18,20)(H,19,23,24)/b9-6+,17-10-. The maximum atomic E-state index is 11.9. The summed E-state index contributed by atoms with van der Waals surface area (Å²) in [7, 11) is 3.22. The summed E-state index contributed by atoms with van der Waals surface area (Å²) in [5, 5.41) is 4.05. The Morgan fingerprint density at radius 2 is 1.92 bits per heavy atom. The number of H-pyrrole nitrogens is 1. The van der Waals surface area contributed by atoms with Crippen LogP contribution in [0, 0.1) is 0 Å². The van der Waals surface area contributed by atoms with Crippen LogP contribution in [-0.2, 0) is 14.1 Å². The number of nitrogens with one attached hydrogen (secondary N) is 2. The first-order chi connectivity index (χ1) is 11.6. The van der Waals surface area contributed by atoms with Crippen LogP contribution in [0.5, 0.6) is 0 Å². The summed E-state index contributed by atoms with van der Waals surface area (Å²) in [5.41, 5.74) is 3.43. The SMILES string of the molecule is Cn1c(N/N=C\C=C\c2ccccc2)nc2c1c(=O)[nH]c(=O)n2C. The van der Waals surface area contributed by atoms with Crippen LogP contribution in [0.15, 0.2) is 51.1 Å². The molecule has 0 aliphatic carbocycles. The van der Waals surface area contributed by atoms with Gasteiger partial charge in [0.1, 0.15) is 0 Å². The zero-order valence-corrected chi connectivity index (χ0v) is 13.2. The molecule has 24 heavy (non-hydrogen) atoms. The molecule has 0 unspecified atom stereocenters. The molecule has 8 heteroatoms. The third kappa shape index (κ3) is 2.89. The fourth-order valence-corrected chi connectivity index (χ4v) is 2.26. The highest BCUT2D eigenvalue weighted by molar-refractivity contribution is 5.79. The minimum absolute atomic E-state index is 0.295. The van der Waals surface area contributed by atoms with Gasteiger partial charge < -0.3 is 4.57 Å². The molecule has 0 atom stereocenters. The molecule has 0 fully saturated rings.